The molecule has 0 radical (unpaired) electrons. The van der Waals surface area contributed by atoms with Crippen molar-refractivity contribution < 1.29 is 4.79 Å². The number of rotatable bonds is 7. The first kappa shape index (κ1) is 13.7. The van der Waals surface area contributed by atoms with Gasteiger partial charge in [0.25, 0.3) is 0 Å². The van der Waals surface area contributed by atoms with Gasteiger partial charge in [0.15, 0.2) is 0 Å². The van der Waals surface area contributed by atoms with Gasteiger partial charge in [0.05, 0.1) is 0 Å². The van der Waals surface area contributed by atoms with E-state index >= 15 is 0 Å². The Bertz CT molecular complexity index is 162. The summed E-state index contributed by atoms with van der Waals surface area (Å²) >= 11 is 5.34. The molecule has 84 valence electrons. The number of carbonyl (C=O) groups excluding carboxylic acids is 1. The summed E-state index contributed by atoms with van der Waals surface area (Å²) in [6.07, 6.45) is 2.12. The molecule has 4 heteroatoms. The molecule has 0 heterocycles. The lowest BCUT2D eigenvalue weighted by Crippen LogP contribution is -2.29. The Morgan fingerprint density at radius 2 is 2.07 bits per heavy atom. The maximum atomic E-state index is 10.8. The van der Waals surface area contributed by atoms with E-state index in [9.17, 15) is 4.79 Å². The maximum Gasteiger partial charge on any atom is 0.234 e. The fraction of sp³-hybridized carbons (Fsp3) is 0.900. The van der Waals surface area contributed by atoms with Crippen molar-refractivity contribution in [3.05, 3.63) is 0 Å². The zero-order chi connectivity index (χ0) is 11.0. The number of halogens is 1. The molecule has 0 aliphatic heterocycles. The third-order valence-corrected chi connectivity index (χ3v) is 2.51. The van der Waals surface area contributed by atoms with Crippen molar-refractivity contribution in [1.29, 1.82) is 0 Å². The van der Waals surface area contributed by atoms with Gasteiger partial charge in [0, 0.05) is 12.6 Å². The molecule has 1 N–H and O–H groups in total. The van der Waals surface area contributed by atoms with Crippen molar-refractivity contribution in [2.24, 2.45) is 0 Å². The van der Waals surface area contributed by atoms with Crippen LogP contribution >= 0.6 is 11.6 Å². The maximum absolute atomic E-state index is 10.8. The molecule has 0 saturated heterocycles. The third kappa shape index (κ3) is 7.15. The highest BCUT2D eigenvalue weighted by Gasteiger charge is 2.02. The van der Waals surface area contributed by atoms with Crippen molar-refractivity contribution >= 4 is 17.5 Å². The van der Waals surface area contributed by atoms with Crippen LogP contribution in [0.5, 0.6) is 0 Å². The van der Waals surface area contributed by atoms with Crippen LogP contribution in [0, 0.1) is 0 Å². The largest absolute Gasteiger partial charge is 0.355 e. The number of nitrogens with zero attached hydrogens (tertiary/aromatic N) is 1. The van der Waals surface area contributed by atoms with Crippen molar-refractivity contribution in [3.8, 4) is 0 Å². The molecule has 0 saturated carbocycles. The molecule has 0 aromatic carbocycles. The highest BCUT2D eigenvalue weighted by molar-refractivity contribution is 6.27. The lowest BCUT2D eigenvalue weighted by Gasteiger charge is -2.20. The number of carbonyl (C=O) groups is 1. The van der Waals surface area contributed by atoms with E-state index < -0.39 is 0 Å². The zero-order valence-electron chi connectivity index (χ0n) is 9.35. The van der Waals surface area contributed by atoms with Crippen LogP contribution in [0.4, 0.5) is 0 Å². The van der Waals surface area contributed by atoms with Crippen LogP contribution < -0.4 is 5.32 Å². The molecular weight excluding hydrogens is 200 g/mol. The molecule has 3 nitrogen and oxygen atoms in total. The van der Waals surface area contributed by atoms with Gasteiger partial charge in [0.1, 0.15) is 5.88 Å². The third-order valence-electron chi connectivity index (χ3n) is 2.26. The van der Waals surface area contributed by atoms with Crippen LogP contribution in [0.2, 0.25) is 0 Å². The predicted molar refractivity (Wildman–Crippen MR) is 60.7 cm³/mol. The smallest absolute Gasteiger partial charge is 0.234 e. The van der Waals surface area contributed by atoms with Crippen LogP contribution in [0.3, 0.4) is 0 Å². The summed E-state index contributed by atoms with van der Waals surface area (Å²) in [7, 11) is 2.11. The van der Waals surface area contributed by atoms with E-state index in [1.807, 2.05) is 0 Å². The van der Waals surface area contributed by atoms with Crippen LogP contribution in [0.15, 0.2) is 0 Å². The molecule has 0 unspecified atom stereocenters. The Balaban J connectivity index is 3.25. The van der Waals surface area contributed by atoms with Gasteiger partial charge >= 0.3 is 0 Å². The monoisotopic (exact) mass is 220 g/mol. The van der Waals surface area contributed by atoms with Gasteiger partial charge in [-0.15, -0.1) is 11.6 Å². The molecule has 0 bridgehead atoms. The molecule has 0 aliphatic carbocycles. The topological polar surface area (TPSA) is 32.3 Å². The average molecular weight is 221 g/mol. The first-order chi connectivity index (χ1) is 6.57. The highest BCUT2D eigenvalue weighted by Crippen LogP contribution is 1.97. The van der Waals surface area contributed by atoms with Gasteiger partial charge in [-0.25, -0.2) is 0 Å². The van der Waals surface area contributed by atoms with Gasteiger partial charge in [-0.2, -0.15) is 0 Å². The second-order valence-corrected chi connectivity index (χ2v) is 4.03. The Hall–Kier alpha value is -0.280. The molecule has 14 heavy (non-hydrogen) atoms. The van der Waals surface area contributed by atoms with E-state index in [0.29, 0.717) is 6.04 Å². The molecule has 0 aliphatic rings. The minimum atomic E-state index is -0.0797. The molecule has 0 atom stereocenters. The number of alkyl halides is 1. The molecule has 0 fully saturated rings. The van der Waals surface area contributed by atoms with Crippen LogP contribution in [0.25, 0.3) is 0 Å². The van der Waals surface area contributed by atoms with Gasteiger partial charge in [-0.3, -0.25) is 4.79 Å². The summed E-state index contributed by atoms with van der Waals surface area (Å²) in [6.45, 7) is 6.16. The highest BCUT2D eigenvalue weighted by atomic mass is 35.5. The summed E-state index contributed by atoms with van der Waals surface area (Å²) in [5.74, 6) is -0.0183. The Kier molecular flexibility index (Phi) is 7.90. The molecule has 0 spiro atoms. The Morgan fingerprint density at radius 3 is 2.57 bits per heavy atom. The van der Waals surface area contributed by atoms with Crippen molar-refractivity contribution in [2.45, 2.75) is 32.7 Å². The van der Waals surface area contributed by atoms with Crippen LogP contribution in [-0.4, -0.2) is 42.9 Å². The summed E-state index contributed by atoms with van der Waals surface area (Å²) in [5, 5.41) is 2.75. The quantitative estimate of drug-likeness (QED) is 0.521. The van der Waals surface area contributed by atoms with Gasteiger partial charge in [0.2, 0.25) is 5.91 Å². The fourth-order valence-corrected chi connectivity index (χ4v) is 1.11. The van der Waals surface area contributed by atoms with Crippen LogP contribution in [0.1, 0.15) is 26.7 Å². The number of amides is 1. The minimum absolute atomic E-state index is 0.0614. The SMILES string of the molecule is CC(C)N(C)CCCCNC(=O)CCl. The molecular formula is C10H21ClN2O. The van der Waals surface area contributed by atoms with E-state index in [0.717, 1.165) is 25.9 Å². The van der Waals surface area contributed by atoms with Crippen molar-refractivity contribution in [3.63, 3.8) is 0 Å². The molecule has 1 amide bonds. The van der Waals surface area contributed by atoms with Gasteiger partial charge < -0.3 is 10.2 Å². The van der Waals surface area contributed by atoms with Gasteiger partial charge in [-0.1, -0.05) is 0 Å². The second-order valence-electron chi connectivity index (χ2n) is 3.77. The number of unbranched alkanes of at least 4 members (excludes halogenated alkanes) is 1. The van der Waals surface area contributed by atoms with E-state index in [-0.39, 0.29) is 11.8 Å². The first-order valence-corrected chi connectivity index (χ1v) is 5.64. The van der Waals surface area contributed by atoms with Crippen molar-refractivity contribution in [2.75, 3.05) is 26.0 Å². The fourth-order valence-electron chi connectivity index (χ4n) is 1.02. The lowest BCUT2D eigenvalue weighted by atomic mass is 10.2. The molecule has 0 rings (SSSR count). The standard InChI is InChI=1S/C10H21ClN2O/c1-9(2)13(3)7-5-4-6-12-10(14)8-11/h9H,4-8H2,1-3H3,(H,12,14). The second kappa shape index (κ2) is 8.06. The Labute approximate surface area is 91.8 Å². The average Bonchev–Trinajstić information content (AvgIpc) is 2.16. The van der Waals surface area contributed by atoms with Gasteiger partial charge in [-0.05, 0) is 40.3 Å². The van der Waals surface area contributed by atoms with E-state index in [1.54, 1.807) is 0 Å². The number of hydrogen-bond donors (Lipinski definition) is 1. The summed E-state index contributed by atoms with van der Waals surface area (Å²) in [6, 6.07) is 0.590. The molecule has 0 aromatic heterocycles. The predicted octanol–water partition coefficient (Wildman–Crippen LogP) is 1.46. The van der Waals surface area contributed by atoms with Crippen molar-refractivity contribution in [1.82, 2.24) is 10.2 Å². The van der Waals surface area contributed by atoms with E-state index in [2.05, 4.69) is 31.1 Å². The van der Waals surface area contributed by atoms with E-state index in [4.69, 9.17) is 11.6 Å². The first-order valence-electron chi connectivity index (χ1n) is 5.10. The molecule has 0 aromatic rings. The summed E-state index contributed by atoms with van der Waals surface area (Å²) < 4.78 is 0. The number of nitrogens with one attached hydrogen (secondary N) is 1. The van der Waals surface area contributed by atoms with Crippen LogP contribution in [-0.2, 0) is 4.79 Å². The summed E-state index contributed by atoms with van der Waals surface area (Å²) in [4.78, 5) is 13.1. The zero-order valence-corrected chi connectivity index (χ0v) is 10.1. The Morgan fingerprint density at radius 1 is 1.43 bits per heavy atom. The minimum Gasteiger partial charge on any atom is -0.355 e. The summed E-state index contributed by atoms with van der Waals surface area (Å²) in [5.41, 5.74) is 0. The lowest BCUT2D eigenvalue weighted by molar-refractivity contribution is -0.118. The van der Waals surface area contributed by atoms with E-state index in [1.165, 1.54) is 0 Å². The normalized spacial score (nSPS) is 11.0. The number of hydrogen-bond acceptors (Lipinski definition) is 2.